The number of rotatable bonds is 6. The van der Waals surface area contributed by atoms with Crippen molar-refractivity contribution in [1.29, 1.82) is 0 Å². The van der Waals surface area contributed by atoms with Gasteiger partial charge < -0.3 is 40.4 Å². The number of nitrogens with zero attached hydrogens (tertiary/aromatic N) is 2. The van der Waals surface area contributed by atoms with Gasteiger partial charge in [-0.05, 0) is 57.6 Å². The van der Waals surface area contributed by atoms with Crippen LogP contribution in [0.3, 0.4) is 0 Å². The molecule has 1 aliphatic carbocycles. The highest BCUT2D eigenvalue weighted by Crippen LogP contribution is 2.66. The minimum atomic E-state index is -0.554. The lowest BCUT2D eigenvalue weighted by molar-refractivity contribution is 0.359. The average Bonchev–Trinajstić information content (AvgIpc) is 3.78. The third kappa shape index (κ3) is 4.52. The Bertz CT molecular complexity index is 2190. The Balaban J connectivity index is 1.24. The zero-order chi connectivity index (χ0) is 35.0. The van der Waals surface area contributed by atoms with Crippen molar-refractivity contribution in [1.82, 2.24) is 0 Å². The standard InChI is InChI=1S/C43H36N2O6/c46-37-19-41(50)39(48)17-25(37)21-44-23-33(29-11-3-7-15-35(29)44)43(31-13-5-1-9-27(31)28-10-2-6-14-32(28)43)34-24-45(36-16-8-4-12-30(34)36)22-26-18-40(49)42(51)20-38(26)47/h1-20,33-34,46-51H,21-24H2. The molecule has 2 aliphatic heterocycles. The van der Waals surface area contributed by atoms with Crippen LogP contribution in [0, 0.1) is 0 Å². The quantitative estimate of drug-likeness (QED) is 0.0780. The molecule has 51 heavy (non-hydrogen) atoms. The van der Waals surface area contributed by atoms with E-state index in [2.05, 4.69) is 94.7 Å². The van der Waals surface area contributed by atoms with Crippen LogP contribution >= 0.6 is 0 Å². The fourth-order valence-electron chi connectivity index (χ4n) is 9.23. The maximum atomic E-state index is 10.8. The number of aromatic hydroxyl groups is 6. The first-order valence-corrected chi connectivity index (χ1v) is 17.1. The van der Waals surface area contributed by atoms with E-state index in [9.17, 15) is 30.6 Å². The minimum Gasteiger partial charge on any atom is -0.507 e. The van der Waals surface area contributed by atoms with Crippen molar-refractivity contribution in [3.8, 4) is 45.6 Å². The van der Waals surface area contributed by atoms with Gasteiger partial charge in [0, 0.05) is 78.1 Å². The van der Waals surface area contributed by atoms with Gasteiger partial charge >= 0.3 is 0 Å². The number of anilines is 2. The van der Waals surface area contributed by atoms with Gasteiger partial charge in [-0.1, -0.05) is 84.9 Å². The van der Waals surface area contributed by atoms with Crippen LogP contribution in [0.15, 0.2) is 121 Å². The van der Waals surface area contributed by atoms with Crippen molar-refractivity contribution in [3.63, 3.8) is 0 Å². The van der Waals surface area contributed by atoms with Gasteiger partial charge in [0.1, 0.15) is 11.5 Å². The fraction of sp³-hybridized carbons (Fsp3) is 0.163. The van der Waals surface area contributed by atoms with E-state index in [0.717, 1.165) is 11.4 Å². The number of phenolic OH excluding ortho intramolecular Hbond substituents is 6. The molecule has 0 radical (unpaired) electrons. The zero-order valence-corrected chi connectivity index (χ0v) is 27.6. The molecule has 0 amide bonds. The summed E-state index contributed by atoms with van der Waals surface area (Å²) in [6, 6.07) is 39.4. The van der Waals surface area contributed by atoms with Crippen LogP contribution in [0.4, 0.5) is 11.4 Å². The number of fused-ring (bicyclic) bond motifs is 5. The number of hydrogen-bond acceptors (Lipinski definition) is 8. The molecule has 0 spiro atoms. The van der Waals surface area contributed by atoms with Crippen molar-refractivity contribution < 1.29 is 30.6 Å². The summed E-state index contributed by atoms with van der Waals surface area (Å²) in [5.74, 6) is -1.55. The molecule has 2 heterocycles. The highest BCUT2D eigenvalue weighted by molar-refractivity contribution is 5.85. The van der Waals surface area contributed by atoms with Crippen LogP contribution in [0.25, 0.3) is 11.1 Å². The third-order valence-electron chi connectivity index (χ3n) is 11.3. The van der Waals surface area contributed by atoms with Crippen molar-refractivity contribution in [3.05, 3.63) is 155 Å². The Labute approximate surface area is 295 Å². The second-order valence-corrected chi connectivity index (χ2v) is 13.9. The van der Waals surface area contributed by atoms with Gasteiger partial charge in [-0.15, -0.1) is 0 Å². The average molecular weight is 677 g/mol. The van der Waals surface area contributed by atoms with E-state index in [1.165, 1.54) is 57.6 Å². The van der Waals surface area contributed by atoms with Crippen molar-refractivity contribution in [2.45, 2.75) is 30.3 Å². The SMILES string of the molecule is Oc1cc(O)c(CN2CC(C3(C4CN(Cc5cc(O)c(O)cc5O)c5ccccc54)c4ccccc4-c4ccccc43)c3ccccc32)cc1O. The van der Waals surface area contributed by atoms with Crippen molar-refractivity contribution >= 4 is 11.4 Å². The molecule has 9 rings (SSSR count). The summed E-state index contributed by atoms with van der Waals surface area (Å²) >= 11 is 0. The Morgan fingerprint density at radius 2 is 0.824 bits per heavy atom. The van der Waals surface area contributed by atoms with Gasteiger partial charge in [-0.2, -0.15) is 0 Å². The van der Waals surface area contributed by atoms with Crippen LogP contribution in [0.5, 0.6) is 34.5 Å². The molecule has 0 fully saturated rings. The molecule has 3 aliphatic rings. The summed E-state index contributed by atoms with van der Waals surface area (Å²) in [5, 5.41) is 62.5. The van der Waals surface area contributed by atoms with Gasteiger partial charge in [0.15, 0.2) is 23.0 Å². The molecule has 254 valence electrons. The lowest BCUT2D eigenvalue weighted by Crippen LogP contribution is -2.43. The molecule has 0 aromatic heterocycles. The second kappa shape index (κ2) is 11.4. The molecule has 0 saturated carbocycles. The van der Waals surface area contributed by atoms with E-state index in [0.29, 0.717) is 37.3 Å². The zero-order valence-electron chi connectivity index (χ0n) is 27.6. The Morgan fingerprint density at radius 3 is 1.27 bits per heavy atom. The fourth-order valence-corrected chi connectivity index (χ4v) is 9.23. The van der Waals surface area contributed by atoms with Gasteiger partial charge in [0.25, 0.3) is 0 Å². The van der Waals surface area contributed by atoms with Gasteiger partial charge in [-0.3, -0.25) is 0 Å². The van der Waals surface area contributed by atoms with Gasteiger partial charge in [-0.25, -0.2) is 0 Å². The smallest absolute Gasteiger partial charge is 0.161 e. The first-order valence-electron chi connectivity index (χ1n) is 17.1. The molecule has 6 N–H and O–H groups in total. The normalized spacial score (nSPS) is 18.0. The lowest BCUT2D eigenvalue weighted by Gasteiger charge is -2.44. The molecular weight excluding hydrogens is 640 g/mol. The van der Waals surface area contributed by atoms with Gasteiger partial charge in [0.05, 0.1) is 0 Å². The van der Waals surface area contributed by atoms with Crippen molar-refractivity contribution in [2.24, 2.45) is 0 Å². The first-order chi connectivity index (χ1) is 24.8. The maximum absolute atomic E-state index is 10.8. The number of para-hydroxylation sites is 2. The summed E-state index contributed by atoms with van der Waals surface area (Å²) in [6.45, 7) is 1.88. The molecule has 2 atom stereocenters. The van der Waals surface area contributed by atoms with Crippen LogP contribution < -0.4 is 9.80 Å². The van der Waals surface area contributed by atoms with Gasteiger partial charge in [0.2, 0.25) is 0 Å². The third-order valence-corrected chi connectivity index (χ3v) is 11.3. The van der Waals surface area contributed by atoms with E-state index in [1.54, 1.807) is 0 Å². The second-order valence-electron chi connectivity index (χ2n) is 13.9. The monoisotopic (exact) mass is 676 g/mol. The Hall–Kier alpha value is -6.28. The molecule has 8 heteroatoms. The molecule has 8 nitrogen and oxygen atoms in total. The topological polar surface area (TPSA) is 128 Å². The largest absolute Gasteiger partial charge is 0.507 e. The summed E-state index contributed by atoms with van der Waals surface area (Å²) in [5.41, 5.74) is 9.80. The minimum absolute atomic E-state index is 0.0459. The van der Waals surface area contributed by atoms with Crippen LogP contribution in [0.2, 0.25) is 0 Å². The number of hydrogen-bond donors (Lipinski definition) is 6. The van der Waals surface area contributed by atoms with Crippen LogP contribution in [0.1, 0.15) is 45.2 Å². The molecule has 0 saturated heterocycles. The van der Waals surface area contributed by atoms with E-state index in [-0.39, 0.29) is 46.3 Å². The van der Waals surface area contributed by atoms with E-state index < -0.39 is 5.41 Å². The van der Waals surface area contributed by atoms with E-state index in [4.69, 9.17) is 0 Å². The summed E-state index contributed by atoms with van der Waals surface area (Å²) < 4.78 is 0. The first kappa shape index (κ1) is 30.8. The predicted octanol–water partition coefficient (Wildman–Crippen LogP) is 7.79. The summed E-state index contributed by atoms with van der Waals surface area (Å²) in [7, 11) is 0. The molecular formula is C43H36N2O6. The van der Waals surface area contributed by atoms with E-state index in [1.807, 2.05) is 12.1 Å². The lowest BCUT2D eigenvalue weighted by atomic mass is 9.58. The molecule has 0 bridgehead atoms. The van der Waals surface area contributed by atoms with E-state index >= 15 is 0 Å². The summed E-state index contributed by atoms with van der Waals surface area (Å²) in [6.07, 6.45) is 0. The molecule has 2 unspecified atom stereocenters. The number of benzene rings is 6. The highest BCUT2D eigenvalue weighted by atomic mass is 16.3. The predicted molar refractivity (Wildman–Crippen MR) is 196 cm³/mol. The van der Waals surface area contributed by atoms with Crippen LogP contribution in [-0.2, 0) is 18.5 Å². The Morgan fingerprint density at radius 1 is 0.451 bits per heavy atom. The van der Waals surface area contributed by atoms with Crippen LogP contribution in [-0.4, -0.2) is 43.7 Å². The number of phenols is 6. The highest BCUT2D eigenvalue weighted by Gasteiger charge is 2.58. The maximum Gasteiger partial charge on any atom is 0.161 e. The summed E-state index contributed by atoms with van der Waals surface area (Å²) in [4.78, 5) is 4.51. The Kier molecular flexibility index (Phi) is 6.86. The molecule has 6 aromatic carbocycles. The van der Waals surface area contributed by atoms with Crippen molar-refractivity contribution in [2.75, 3.05) is 22.9 Å². The molecule has 6 aromatic rings.